The second-order valence-corrected chi connectivity index (χ2v) is 2.78. The molecule has 4 nitrogen and oxygen atoms in total. The summed E-state index contributed by atoms with van der Waals surface area (Å²) in [4.78, 5) is 9.54. The van der Waals surface area contributed by atoms with Gasteiger partial charge in [-0.3, -0.25) is 0 Å². The van der Waals surface area contributed by atoms with Crippen LogP contribution in [0.1, 0.15) is 26.2 Å². The topological polar surface area (TPSA) is 53.8 Å². The van der Waals surface area contributed by atoms with Gasteiger partial charge in [0.05, 0.1) is 5.29 Å². The summed E-state index contributed by atoms with van der Waals surface area (Å²) in [5.41, 5.74) is 1.93. The van der Waals surface area contributed by atoms with Crippen LogP contribution in [0.5, 0.6) is 0 Å². The van der Waals surface area contributed by atoms with Crippen LogP contribution in [0, 0.1) is 4.91 Å². The van der Waals surface area contributed by atoms with Crippen molar-refractivity contribution in [1.82, 2.24) is 5.53 Å². The summed E-state index contributed by atoms with van der Waals surface area (Å²) in [6.07, 6.45) is 16.6. The van der Waals surface area contributed by atoms with Crippen LogP contribution < -0.4 is 5.53 Å². The van der Waals surface area contributed by atoms with E-state index in [1.165, 1.54) is 12.6 Å². The van der Waals surface area contributed by atoms with Crippen LogP contribution in [-0.2, 0) is 0 Å². The predicted molar refractivity (Wildman–Crippen MR) is 64.4 cm³/mol. The molecule has 0 saturated carbocycles. The van der Waals surface area contributed by atoms with Gasteiger partial charge in [-0.1, -0.05) is 43.7 Å². The number of allylic oxidation sites excluding steroid dienone is 6. The summed E-state index contributed by atoms with van der Waals surface area (Å²) in [5, 5.41) is 5.81. The van der Waals surface area contributed by atoms with E-state index in [4.69, 9.17) is 0 Å². The van der Waals surface area contributed by atoms with Gasteiger partial charge in [-0.15, -0.1) is 4.91 Å². The van der Waals surface area contributed by atoms with Gasteiger partial charge in [-0.05, 0) is 18.9 Å². The molecule has 0 radical (unpaired) electrons. The number of unbranched alkanes of at least 4 members (excludes halogenated alkanes) is 1. The molecule has 0 aliphatic heterocycles. The third-order valence-corrected chi connectivity index (χ3v) is 1.51. The molecule has 4 heteroatoms. The SMILES string of the molecule is CCC/C=C/C/C=C/C=C\C=NNN=O. The fraction of sp³-hybridized carbons (Fsp3) is 0.364. The Hall–Kier alpha value is -1.71. The average molecular weight is 207 g/mol. The second-order valence-electron chi connectivity index (χ2n) is 2.78. The lowest BCUT2D eigenvalue weighted by Crippen LogP contribution is -1.89. The maximum atomic E-state index is 9.54. The van der Waals surface area contributed by atoms with Gasteiger partial charge in [0.25, 0.3) is 0 Å². The largest absolute Gasteiger partial charge is 0.164 e. The van der Waals surface area contributed by atoms with Gasteiger partial charge < -0.3 is 0 Å². The number of rotatable bonds is 8. The Labute approximate surface area is 90.4 Å². The molecule has 15 heavy (non-hydrogen) atoms. The van der Waals surface area contributed by atoms with E-state index in [2.05, 4.69) is 29.5 Å². The van der Waals surface area contributed by atoms with Gasteiger partial charge in [0, 0.05) is 6.21 Å². The van der Waals surface area contributed by atoms with Crippen LogP contribution in [0.4, 0.5) is 0 Å². The molecule has 82 valence electrons. The average Bonchev–Trinajstić information content (AvgIpc) is 2.26. The molecule has 0 rings (SSSR count). The van der Waals surface area contributed by atoms with Crippen LogP contribution in [-0.4, -0.2) is 6.21 Å². The second kappa shape index (κ2) is 12.3. The molecule has 0 aromatic heterocycles. The number of nitrogens with one attached hydrogen (secondary N) is 1. The van der Waals surface area contributed by atoms with Gasteiger partial charge in [-0.2, -0.15) is 10.6 Å². The summed E-state index contributed by atoms with van der Waals surface area (Å²) in [6, 6.07) is 0. The lowest BCUT2D eigenvalue weighted by molar-refractivity contribution is 0.804. The van der Waals surface area contributed by atoms with Crippen molar-refractivity contribution in [2.24, 2.45) is 10.4 Å². The Kier molecular flexibility index (Phi) is 10.9. The van der Waals surface area contributed by atoms with Crippen LogP contribution in [0.25, 0.3) is 0 Å². The fourth-order valence-electron chi connectivity index (χ4n) is 0.830. The van der Waals surface area contributed by atoms with Gasteiger partial charge in [0.15, 0.2) is 0 Å². The van der Waals surface area contributed by atoms with Crippen molar-refractivity contribution >= 4 is 6.21 Å². The minimum absolute atomic E-state index is 0.940. The monoisotopic (exact) mass is 207 g/mol. The zero-order valence-electron chi connectivity index (χ0n) is 8.97. The number of hydrogen-bond donors (Lipinski definition) is 1. The summed E-state index contributed by atoms with van der Waals surface area (Å²) in [6.45, 7) is 2.16. The molecule has 0 heterocycles. The number of hydrogen-bond acceptors (Lipinski definition) is 3. The predicted octanol–water partition coefficient (Wildman–Crippen LogP) is 3.10. The first-order valence-corrected chi connectivity index (χ1v) is 4.99. The molecule has 0 amide bonds. The van der Waals surface area contributed by atoms with Crippen molar-refractivity contribution in [2.75, 3.05) is 0 Å². The molecule has 0 aliphatic carbocycles. The van der Waals surface area contributed by atoms with E-state index in [0.29, 0.717) is 0 Å². The molecule has 0 aromatic rings. The molecule has 0 spiro atoms. The van der Waals surface area contributed by atoms with Crippen molar-refractivity contribution < 1.29 is 0 Å². The summed E-state index contributed by atoms with van der Waals surface area (Å²) in [7, 11) is 0. The maximum absolute atomic E-state index is 9.54. The van der Waals surface area contributed by atoms with Crippen LogP contribution in [0.2, 0.25) is 0 Å². The minimum atomic E-state index is 0.940. The van der Waals surface area contributed by atoms with Gasteiger partial charge in [0.1, 0.15) is 0 Å². The lowest BCUT2D eigenvalue weighted by atomic mass is 10.2. The van der Waals surface area contributed by atoms with Crippen molar-refractivity contribution in [3.05, 3.63) is 41.4 Å². The van der Waals surface area contributed by atoms with Crippen molar-refractivity contribution in [2.45, 2.75) is 26.2 Å². The van der Waals surface area contributed by atoms with E-state index in [1.54, 1.807) is 6.08 Å². The number of nitroso groups, excluding NO2 is 1. The quantitative estimate of drug-likeness (QED) is 0.218. The van der Waals surface area contributed by atoms with Crippen molar-refractivity contribution in [1.29, 1.82) is 0 Å². The molecule has 0 fully saturated rings. The fourth-order valence-corrected chi connectivity index (χ4v) is 0.830. The summed E-state index contributed by atoms with van der Waals surface area (Å²) >= 11 is 0. The highest BCUT2D eigenvalue weighted by atomic mass is 16.3. The van der Waals surface area contributed by atoms with E-state index in [1.807, 2.05) is 23.8 Å². The Balaban J connectivity index is 3.48. The highest BCUT2D eigenvalue weighted by molar-refractivity contribution is 5.71. The molecule has 0 aliphatic rings. The Morgan fingerprint density at radius 2 is 2.00 bits per heavy atom. The number of nitrogens with zero attached hydrogens (tertiary/aromatic N) is 2. The third kappa shape index (κ3) is 12.3. The molecule has 0 bridgehead atoms. The van der Waals surface area contributed by atoms with E-state index in [0.717, 1.165) is 12.8 Å². The van der Waals surface area contributed by atoms with Crippen LogP contribution in [0.3, 0.4) is 0 Å². The highest BCUT2D eigenvalue weighted by Gasteiger charge is 1.72. The highest BCUT2D eigenvalue weighted by Crippen LogP contribution is 1.92. The van der Waals surface area contributed by atoms with Crippen molar-refractivity contribution in [3.63, 3.8) is 0 Å². The molecule has 0 aromatic carbocycles. The Morgan fingerprint density at radius 3 is 2.73 bits per heavy atom. The van der Waals surface area contributed by atoms with Crippen LogP contribution in [0.15, 0.2) is 46.8 Å². The van der Waals surface area contributed by atoms with Crippen molar-refractivity contribution in [3.8, 4) is 0 Å². The third-order valence-electron chi connectivity index (χ3n) is 1.51. The molecule has 0 atom stereocenters. The van der Waals surface area contributed by atoms with Gasteiger partial charge in [0.2, 0.25) is 0 Å². The first-order valence-electron chi connectivity index (χ1n) is 4.99. The van der Waals surface area contributed by atoms with E-state index in [-0.39, 0.29) is 0 Å². The molecule has 0 saturated heterocycles. The van der Waals surface area contributed by atoms with E-state index >= 15 is 0 Å². The summed E-state index contributed by atoms with van der Waals surface area (Å²) < 4.78 is 0. The summed E-state index contributed by atoms with van der Waals surface area (Å²) in [5.74, 6) is 0. The molecular weight excluding hydrogens is 190 g/mol. The Morgan fingerprint density at radius 1 is 1.13 bits per heavy atom. The van der Waals surface area contributed by atoms with Gasteiger partial charge >= 0.3 is 0 Å². The standard InChI is InChI=1S/C11H17N3O/c1-2-3-4-5-6-7-8-9-10-11-12-13-14-15/h4-5,7-11H,2-3,6H2,1H3,(H,13,15)/b5-4+,8-7+,10-9-,12-11?. The smallest absolute Gasteiger partial charge is 0.0722 e. The molecular formula is C11H17N3O. The van der Waals surface area contributed by atoms with Gasteiger partial charge in [-0.25, -0.2) is 0 Å². The van der Waals surface area contributed by atoms with E-state index in [9.17, 15) is 4.91 Å². The molecule has 1 N–H and O–H groups in total. The normalized spacial score (nSPS) is 12.3. The first kappa shape index (κ1) is 13.3. The lowest BCUT2D eigenvalue weighted by Gasteiger charge is -1.82. The minimum Gasteiger partial charge on any atom is -0.164 e. The zero-order valence-corrected chi connectivity index (χ0v) is 8.97. The number of hydrazone groups is 1. The zero-order chi connectivity index (χ0) is 11.2. The Bertz CT molecular complexity index is 255. The molecule has 0 unspecified atom stereocenters. The first-order chi connectivity index (χ1) is 7.41. The van der Waals surface area contributed by atoms with Crippen LogP contribution >= 0.6 is 0 Å². The maximum Gasteiger partial charge on any atom is 0.0722 e. The van der Waals surface area contributed by atoms with E-state index < -0.39 is 0 Å².